The minimum absolute atomic E-state index is 0.0857. The Bertz CT molecular complexity index is 434. The fourth-order valence-corrected chi connectivity index (χ4v) is 2.40. The van der Waals surface area contributed by atoms with Crippen LogP contribution in [-0.4, -0.2) is 23.9 Å². The molecule has 18 heavy (non-hydrogen) atoms. The van der Waals surface area contributed by atoms with Crippen LogP contribution in [0.5, 0.6) is 0 Å². The van der Waals surface area contributed by atoms with Crippen LogP contribution < -0.4 is 5.73 Å². The van der Waals surface area contributed by atoms with Crippen molar-refractivity contribution >= 4 is 11.6 Å². The van der Waals surface area contributed by atoms with E-state index in [0.29, 0.717) is 17.2 Å². The second kappa shape index (κ2) is 5.42. The van der Waals surface area contributed by atoms with Crippen LogP contribution >= 0.6 is 0 Å². The molecule has 1 amide bonds. The molecule has 0 unspecified atom stereocenters. The van der Waals surface area contributed by atoms with Gasteiger partial charge in [0.25, 0.3) is 5.91 Å². The molecule has 0 radical (unpaired) electrons. The van der Waals surface area contributed by atoms with Gasteiger partial charge in [0.15, 0.2) is 0 Å². The van der Waals surface area contributed by atoms with Crippen molar-refractivity contribution in [2.45, 2.75) is 39.0 Å². The van der Waals surface area contributed by atoms with Crippen molar-refractivity contribution in [3.05, 3.63) is 29.3 Å². The van der Waals surface area contributed by atoms with Gasteiger partial charge in [0.05, 0.1) is 5.56 Å². The van der Waals surface area contributed by atoms with Crippen LogP contribution in [0.2, 0.25) is 0 Å². The highest BCUT2D eigenvalue weighted by Crippen LogP contribution is 2.22. The number of hydrogen-bond donors (Lipinski definition) is 1. The molecule has 1 fully saturated rings. The highest BCUT2D eigenvalue weighted by molar-refractivity contribution is 5.99. The Kier molecular flexibility index (Phi) is 3.90. The third-order valence-corrected chi connectivity index (χ3v) is 3.62. The number of rotatable bonds is 2. The number of nitrogen functional groups attached to an aromatic ring is 1. The summed E-state index contributed by atoms with van der Waals surface area (Å²) >= 11 is 0. The van der Waals surface area contributed by atoms with E-state index in [1.807, 2.05) is 23.1 Å². The second-order valence-corrected chi connectivity index (χ2v) is 5.35. The SMILES string of the molecule is CC(C)c1ccc(C(=O)N2CCCCC2)c(N)c1. The van der Waals surface area contributed by atoms with Gasteiger partial charge in [-0.05, 0) is 42.9 Å². The molecule has 1 heterocycles. The van der Waals surface area contributed by atoms with Crippen LogP contribution in [-0.2, 0) is 0 Å². The molecule has 3 nitrogen and oxygen atoms in total. The molecule has 2 N–H and O–H groups in total. The second-order valence-electron chi connectivity index (χ2n) is 5.35. The molecule has 0 atom stereocenters. The quantitative estimate of drug-likeness (QED) is 0.815. The summed E-state index contributed by atoms with van der Waals surface area (Å²) in [5, 5.41) is 0. The topological polar surface area (TPSA) is 46.3 Å². The molecule has 0 aliphatic carbocycles. The molecule has 0 saturated carbocycles. The van der Waals surface area contributed by atoms with Gasteiger partial charge in [0.1, 0.15) is 0 Å². The Morgan fingerprint density at radius 1 is 1.22 bits per heavy atom. The first-order valence-corrected chi connectivity index (χ1v) is 6.78. The lowest BCUT2D eigenvalue weighted by molar-refractivity contribution is 0.0725. The number of nitrogens with two attached hydrogens (primary N) is 1. The van der Waals surface area contributed by atoms with Crippen molar-refractivity contribution < 1.29 is 4.79 Å². The summed E-state index contributed by atoms with van der Waals surface area (Å²) in [4.78, 5) is 14.3. The van der Waals surface area contributed by atoms with Gasteiger partial charge in [-0.2, -0.15) is 0 Å². The van der Waals surface area contributed by atoms with Gasteiger partial charge in [-0.3, -0.25) is 4.79 Å². The largest absolute Gasteiger partial charge is 0.398 e. The smallest absolute Gasteiger partial charge is 0.255 e. The third kappa shape index (κ3) is 2.66. The molecule has 1 aliphatic heterocycles. The molecular weight excluding hydrogens is 224 g/mol. The number of amides is 1. The van der Waals surface area contributed by atoms with Gasteiger partial charge in [-0.25, -0.2) is 0 Å². The monoisotopic (exact) mass is 246 g/mol. The summed E-state index contributed by atoms with van der Waals surface area (Å²) in [6, 6.07) is 5.82. The lowest BCUT2D eigenvalue weighted by Crippen LogP contribution is -2.36. The first-order valence-electron chi connectivity index (χ1n) is 6.78. The van der Waals surface area contributed by atoms with E-state index in [2.05, 4.69) is 13.8 Å². The Morgan fingerprint density at radius 2 is 1.89 bits per heavy atom. The fourth-order valence-electron chi connectivity index (χ4n) is 2.40. The van der Waals surface area contributed by atoms with Gasteiger partial charge in [0.2, 0.25) is 0 Å². The van der Waals surface area contributed by atoms with Gasteiger partial charge < -0.3 is 10.6 Å². The molecule has 1 saturated heterocycles. The summed E-state index contributed by atoms with van der Waals surface area (Å²) in [7, 11) is 0. The molecule has 98 valence electrons. The van der Waals surface area contributed by atoms with E-state index in [9.17, 15) is 4.79 Å². The lowest BCUT2D eigenvalue weighted by atomic mass is 9.99. The van der Waals surface area contributed by atoms with Gasteiger partial charge in [0, 0.05) is 18.8 Å². The van der Waals surface area contributed by atoms with Gasteiger partial charge >= 0.3 is 0 Å². The maximum absolute atomic E-state index is 12.3. The molecule has 1 aliphatic rings. The predicted octanol–water partition coefficient (Wildman–Crippen LogP) is 3.02. The van der Waals surface area contributed by atoms with Gasteiger partial charge in [-0.15, -0.1) is 0 Å². The molecule has 0 bridgehead atoms. The Morgan fingerprint density at radius 3 is 2.44 bits per heavy atom. The Hall–Kier alpha value is -1.51. The lowest BCUT2D eigenvalue weighted by Gasteiger charge is -2.27. The van der Waals surface area contributed by atoms with Crippen molar-refractivity contribution in [2.24, 2.45) is 0 Å². The van der Waals surface area contributed by atoms with E-state index in [1.165, 1.54) is 12.0 Å². The van der Waals surface area contributed by atoms with Crippen LogP contribution in [0.3, 0.4) is 0 Å². The number of benzene rings is 1. The predicted molar refractivity (Wildman–Crippen MR) is 74.7 cm³/mol. The van der Waals surface area contributed by atoms with Gasteiger partial charge in [-0.1, -0.05) is 19.9 Å². The zero-order valence-electron chi connectivity index (χ0n) is 11.3. The van der Waals surface area contributed by atoms with Crippen LogP contribution in [0.15, 0.2) is 18.2 Å². The summed E-state index contributed by atoms with van der Waals surface area (Å²) in [6.45, 7) is 5.98. The molecular formula is C15H22N2O. The maximum atomic E-state index is 12.3. The number of anilines is 1. The van der Waals surface area contributed by atoms with E-state index in [-0.39, 0.29) is 5.91 Å². The van der Waals surface area contributed by atoms with E-state index < -0.39 is 0 Å². The average molecular weight is 246 g/mol. The highest BCUT2D eigenvalue weighted by Gasteiger charge is 2.20. The fraction of sp³-hybridized carbons (Fsp3) is 0.533. The van der Waals surface area contributed by atoms with Crippen LogP contribution in [0, 0.1) is 0 Å². The zero-order valence-corrected chi connectivity index (χ0v) is 11.3. The maximum Gasteiger partial charge on any atom is 0.255 e. The number of hydrogen-bond acceptors (Lipinski definition) is 2. The number of piperidine rings is 1. The van der Waals surface area contributed by atoms with E-state index in [1.54, 1.807) is 0 Å². The van der Waals surface area contributed by atoms with E-state index in [4.69, 9.17) is 5.73 Å². The molecule has 1 aromatic rings. The molecule has 2 rings (SSSR count). The van der Waals surface area contributed by atoms with Crippen molar-refractivity contribution in [1.29, 1.82) is 0 Å². The standard InChI is InChI=1S/C15H22N2O/c1-11(2)12-6-7-13(14(16)10-12)15(18)17-8-4-3-5-9-17/h6-7,10-11H,3-5,8-9,16H2,1-2H3. The third-order valence-electron chi connectivity index (χ3n) is 3.62. The summed E-state index contributed by atoms with van der Waals surface area (Å²) in [5.74, 6) is 0.522. The number of nitrogens with zero attached hydrogens (tertiary/aromatic N) is 1. The van der Waals surface area contributed by atoms with Crippen LogP contribution in [0.4, 0.5) is 5.69 Å². The van der Waals surface area contributed by atoms with Crippen LogP contribution in [0.25, 0.3) is 0 Å². The summed E-state index contributed by atoms with van der Waals surface area (Å²) in [6.07, 6.45) is 3.44. The molecule has 1 aromatic carbocycles. The first-order chi connectivity index (χ1) is 8.59. The van der Waals surface area contributed by atoms with Crippen molar-refractivity contribution in [2.75, 3.05) is 18.8 Å². The van der Waals surface area contributed by atoms with Crippen molar-refractivity contribution in [3.63, 3.8) is 0 Å². The highest BCUT2D eigenvalue weighted by atomic mass is 16.2. The van der Waals surface area contributed by atoms with Crippen LogP contribution in [0.1, 0.15) is 54.9 Å². The number of carbonyl (C=O) groups excluding carboxylic acids is 1. The molecule has 3 heteroatoms. The minimum atomic E-state index is 0.0857. The van der Waals surface area contributed by atoms with E-state index >= 15 is 0 Å². The number of carbonyl (C=O) groups is 1. The first kappa shape index (κ1) is 12.9. The zero-order chi connectivity index (χ0) is 13.1. The molecule has 0 spiro atoms. The summed E-state index contributed by atoms with van der Waals surface area (Å²) in [5.41, 5.74) is 8.46. The normalized spacial score (nSPS) is 16.1. The van der Waals surface area contributed by atoms with Crippen molar-refractivity contribution in [3.8, 4) is 0 Å². The minimum Gasteiger partial charge on any atom is -0.398 e. The van der Waals surface area contributed by atoms with E-state index in [0.717, 1.165) is 25.9 Å². The Labute approximate surface area is 109 Å². The Balaban J connectivity index is 2.19. The average Bonchev–Trinajstić information content (AvgIpc) is 2.38. The molecule has 0 aromatic heterocycles. The number of likely N-dealkylation sites (tertiary alicyclic amines) is 1. The summed E-state index contributed by atoms with van der Waals surface area (Å²) < 4.78 is 0. The van der Waals surface area contributed by atoms with Crippen molar-refractivity contribution in [1.82, 2.24) is 4.90 Å².